The highest BCUT2D eigenvalue weighted by Gasteiger charge is 2.48. The van der Waals surface area contributed by atoms with E-state index in [0.29, 0.717) is 34.6 Å². The summed E-state index contributed by atoms with van der Waals surface area (Å²) in [6.07, 6.45) is 0.971. The largest absolute Gasteiger partial charge is 0.484 e. The Bertz CT molecular complexity index is 1240. The predicted octanol–water partition coefficient (Wildman–Crippen LogP) is 2.15. The van der Waals surface area contributed by atoms with Crippen LogP contribution in [-0.2, 0) is 16.0 Å². The van der Waals surface area contributed by atoms with Gasteiger partial charge in [0.05, 0.1) is 0 Å². The summed E-state index contributed by atoms with van der Waals surface area (Å²) in [5, 5.41) is 4.03. The molecule has 1 fully saturated rings. The number of aryl methyl sites for hydroxylation is 1. The Labute approximate surface area is 182 Å². The monoisotopic (exact) mass is 435 g/mol. The van der Waals surface area contributed by atoms with Crippen LogP contribution < -0.4 is 21.1 Å². The number of imide groups is 1. The maximum absolute atomic E-state index is 12.8. The number of nitrogens with zero attached hydrogens (tertiary/aromatic N) is 1. The fourth-order valence-electron chi connectivity index (χ4n) is 3.43. The number of hydrazine groups is 1. The molecule has 1 saturated heterocycles. The first kappa shape index (κ1) is 21.1. The average molecular weight is 435 g/mol. The summed E-state index contributed by atoms with van der Waals surface area (Å²) in [4.78, 5) is 48.7. The Kier molecular flexibility index (Phi) is 5.63. The molecular weight excluding hydrogens is 414 g/mol. The molecule has 3 aromatic rings. The number of fused-ring (bicyclic) bond motifs is 1. The van der Waals surface area contributed by atoms with E-state index in [9.17, 15) is 19.2 Å². The first-order valence-corrected chi connectivity index (χ1v) is 10.0. The molecule has 4 amide bonds. The molecule has 0 spiro atoms. The van der Waals surface area contributed by atoms with E-state index >= 15 is 0 Å². The van der Waals surface area contributed by atoms with Gasteiger partial charge in [-0.15, -0.1) is 0 Å². The summed E-state index contributed by atoms with van der Waals surface area (Å²) in [5.41, 5.74) is 2.01. The highest BCUT2D eigenvalue weighted by Crippen LogP contribution is 2.22. The molecule has 2 aromatic carbocycles. The molecule has 0 saturated carbocycles. The number of carbonyl (C=O) groups is 3. The number of hydrogen-bond acceptors (Lipinski definition) is 6. The lowest BCUT2D eigenvalue weighted by molar-refractivity contribution is -0.139. The summed E-state index contributed by atoms with van der Waals surface area (Å²) < 4.78 is 10.5. The highest BCUT2D eigenvalue weighted by molar-refractivity contribution is 6.07. The van der Waals surface area contributed by atoms with Crippen molar-refractivity contribution >= 4 is 28.8 Å². The Morgan fingerprint density at radius 2 is 1.84 bits per heavy atom. The summed E-state index contributed by atoms with van der Waals surface area (Å²) in [6, 6.07) is 16.6. The molecule has 9 nitrogen and oxygen atoms in total. The molecule has 0 aliphatic carbocycles. The molecule has 32 heavy (non-hydrogen) atoms. The van der Waals surface area contributed by atoms with Crippen molar-refractivity contribution in [2.45, 2.75) is 25.3 Å². The van der Waals surface area contributed by atoms with Crippen molar-refractivity contribution in [3.05, 3.63) is 76.6 Å². The summed E-state index contributed by atoms with van der Waals surface area (Å²) in [7, 11) is 0. The molecule has 1 unspecified atom stereocenters. The molecule has 1 atom stereocenters. The van der Waals surface area contributed by atoms with Crippen LogP contribution in [0.4, 0.5) is 4.79 Å². The first-order valence-electron chi connectivity index (χ1n) is 10.0. The Morgan fingerprint density at radius 1 is 1.09 bits per heavy atom. The normalized spacial score (nSPS) is 18.0. The van der Waals surface area contributed by atoms with Crippen molar-refractivity contribution in [1.82, 2.24) is 15.8 Å². The summed E-state index contributed by atoms with van der Waals surface area (Å²) >= 11 is 0. The van der Waals surface area contributed by atoms with E-state index in [-0.39, 0.29) is 0 Å². The number of carbonyl (C=O) groups excluding carboxylic acids is 3. The van der Waals surface area contributed by atoms with Crippen molar-refractivity contribution in [1.29, 1.82) is 0 Å². The van der Waals surface area contributed by atoms with Crippen molar-refractivity contribution in [2.24, 2.45) is 0 Å². The maximum Gasteiger partial charge on any atom is 0.344 e. The zero-order chi connectivity index (χ0) is 22.7. The van der Waals surface area contributed by atoms with Crippen molar-refractivity contribution in [3.8, 4) is 5.75 Å². The molecular formula is C23H21N3O6. The van der Waals surface area contributed by atoms with Gasteiger partial charge in [-0.05, 0) is 43.5 Å². The predicted molar refractivity (Wildman–Crippen MR) is 115 cm³/mol. The lowest BCUT2D eigenvalue weighted by Crippen LogP contribution is -2.50. The molecule has 4 rings (SSSR count). The van der Waals surface area contributed by atoms with Crippen LogP contribution in [0.25, 0.3) is 11.0 Å². The fraction of sp³-hybridized carbons (Fsp3) is 0.217. The van der Waals surface area contributed by atoms with Crippen LogP contribution in [0, 0.1) is 0 Å². The van der Waals surface area contributed by atoms with Gasteiger partial charge in [0.25, 0.3) is 11.8 Å². The van der Waals surface area contributed by atoms with E-state index in [0.717, 1.165) is 5.56 Å². The van der Waals surface area contributed by atoms with Crippen LogP contribution in [0.3, 0.4) is 0 Å². The van der Waals surface area contributed by atoms with Gasteiger partial charge in [-0.1, -0.05) is 30.3 Å². The van der Waals surface area contributed by atoms with E-state index < -0.39 is 35.6 Å². The van der Waals surface area contributed by atoms with Crippen LogP contribution in [0.5, 0.6) is 5.75 Å². The minimum Gasteiger partial charge on any atom is -0.484 e. The third-order valence-corrected chi connectivity index (χ3v) is 5.22. The molecule has 1 aromatic heterocycles. The van der Waals surface area contributed by atoms with E-state index in [4.69, 9.17) is 9.15 Å². The number of amides is 4. The molecule has 2 N–H and O–H groups in total. The maximum atomic E-state index is 12.8. The van der Waals surface area contributed by atoms with Crippen molar-refractivity contribution in [2.75, 3.05) is 6.61 Å². The van der Waals surface area contributed by atoms with Gasteiger partial charge in [0, 0.05) is 17.5 Å². The van der Waals surface area contributed by atoms with Gasteiger partial charge in [-0.2, -0.15) is 5.01 Å². The highest BCUT2D eigenvalue weighted by atomic mass is 16.5. The molecule has 0 bridgehead atoms. The molecule has 1 aliphatic rings. The lowest BCUT2D eigenvalue weighted by atomic mass is 9.93. The van der Waals surface area contributed by atoms with Crippen molar-refractivity contribution in [3.63, 3.8) is 0 Å². The third-order valence-electron chi connectivity index (χ3n) is 5.22. The number of benzene rings is 2. The number of ether oxygens (including phenoxy) is 1. The van der Waals surface area contributed by atoms with Gasteiger partial charge in [0.1, 0.15) is 16.9 Å². The molecule has 9 heteroatoms. The van der Waals surface area contributed by atoms with Crippen molar-refractivity contribution < 1.29 is 23.5 Å². The summed E-state index contributed by atoms with van der Waals surface area (Å²) in [6.45, 7) is 1.18. The third kappa shape index (κ3) is 4.46. The van der Waals surface area contributed by atoms with Crippen LogP contribution in [0.1, 0.15) is 18.9 Å². The minimum absolute atomic E-state index is 0.298. The van der Waals surface area contributed by atoms with Gasteiger partial charge in [-0.3, -0.25) is 15.0 Å². The SMILES string of the molecule is CC1(CCc2ccccc2)NC(=O)N(NC(=O)COc2ccc3ccc(=O)oc3c2)C1=O. The number of hydrogen-bond donors (Lipinski definition) is 2. The molecule has 2 heterocycles. The molecule has 164 valence electrons. The van der Waals surface area contributed by atoms with E-state index in [1.807, 2.05) is 30.3 Å². The quantitative estimate of drug-likeness (QED) is 0.434. The van der Waals surface area contributed by atoms with E-state index in [1.165, 1.54) is 12.1 Å². The van der Waals surface area contributed by atoms with E-state index in [2.05, 4.69) is 10.7 Å². The second-order valence-corrected chi connectivity index (χ2v) is 7.67. The first-order chi connectivity index (χ1) is 15.3. The Morgan fingerprint density at radius 3 is 2.62 bits per heavy atom. The van der Waals surface area contributed by atoms with Crippen LogP contribution in [-0.4, -0.2) is 35.0 Å². The topological polar surface area (TPSA) is 118 Å². The molecule has 0 radical (unpaired) electrons. The number of rotatable bonds is 7. The zero-order valence-electron chi connectivity index (χ0n) is 17.3. The second kappa shape index (κ2) is 8.54. The van der Waals surface area contributed by atoms with Gasteiger partial charge in [0.2, 0.25) is 0 Å². The smallest absolute Gasteiger partial charge is 0.344 e. The fourth-order valence-corrected chi connectivity index (χ4v) is 3.43. The van der Waals surface area contributed by atoms with Gasteiger partial charge in [-0.25, -0.2) is 9.59 Å². The van der Waals surface area contributed by atoms with Crippen LogP contribution in [0.15, 0.2) is 69.9 Å². The standard InChI is InChI=1S/C23H21N3O6/c1-23(12-11-15-5-3-2-4-6-15)21(29)26(22(30)24-23)25-19(27)14-31-17-9-7-16-8-10-20(28)32-18(16)13-17/h2-10,13H,11-12,14H2,1H3,(H,24,30)(H,25,27). The number of nitrogens with one attached hydrogen (secondary N) is 2. The lowest BCUT2D eigenvalue weighted by Gasteiger charge is -2.21. The zero-order valence-corrected chi connectivity index (χ0v) is 17.3. The van der Waals surface area contributed by atoms with Crippen LogP contribution >= 0.6 is 0 Å². The number of urea groups is 1. The Hall–Kier alpha value is -4.14. The summed E-state index contributed by atoms with van der Waals surface area (Å²) in [5.74, 6) is -0.929. The van der Waals surface area contributed by atoms with E-state index in [1.54, 1.807) is 25.1 Å². The van der Waals surface area contributed by atoms with Gasteiger partial charge < -0.3 is 14.5 Å². The van der Waals surface area contributed by atoms with Gasteiger partial charge >= 0.3 is 11.7 Å². The molecule has 1 aliphatic heterocycles. The second-order valence-electron chi connectivity index (χ2n) is 7.67. The van der Waals surface area contributed by atoms with Gasteiger partial charge in [0.15, 0.2) is 6.61 Å². The van der Waals surface area contributed by atoms with Crippen LogP contribution in [0.2, 0.25) is 0 Å². The average Bonchev–Trinajstić information content (AvgIpc) is 3.00. The minimum atomic E-state index is -1.13. The Balaban J connectivity index is 1.35.